The van der Waals surface area contributed by atoms with E-state index in [0.29, 0.717) is 26.1 Å². The molecular formula is C29H38F2N6O4. The quantitative estimate of drug-likeness (QED) is 0.145. The molecule has 0 saturated carbocycles. The molecule has 3 N–H and O–H groups in total. The molecule has 0 bridgehead atoms. The number of piperazine rings is 1. The van der Waals surface area contributed by atoms with Crippen molar-refractivity contribution in [2.45, 2.75) is 50.8 Å². The summed E-state index contributed by atoms with van der Waals surface area (Å²) in [6.45, 7) is 4.50. The first-order valence-electron chi connectivity index (χ1n) is 13.9. The van der Waals surface area contributed by atoms with E-state index in [-0.39, 0.29) is 24.6 Å². The zero-order chi connectivity index (χ0) is 29.1. The van der Waals surface area contributed by atoms with Crippen molar-refractivity contribution in [1.82, 2.24) is 30.0 Å². The van der Waals surface area contributed by atoms with Crippen molar-refractivity contribution in [3.05, 3.63) is 77.9 Å². The van der Waals surface area contributed by atoms with Crippen LogP contribution in [0.2, 0.25) is 0 Å². The second-order valence-corrected chi connectivity index (χ2v) is 10.5. The number of rotatable bonds is 15. The Morgan fingerprint density at radius 2 is 1.71 bits per heavy atom. The summed E-state index contributed by atoms with van der Waals surface area (Å²) in [4.78, 5) is 19.3. The SMILES string of the molecule is O=C(CCCCCCOc1ccc(CN2CCN(CC(O)(Cn3cncn3)c3ccc(F)cc3F)CC2)cc1)NO. The fourth-order valence-electron chi connectivity index (χ4n) is 5.08. The highest BCUT2D eigenvalue weighted by Gasteiger charge is 2.36. The van der Waals surface area contributed by atoms with Crippen molar-refractivity contribution in [3.63, 3.8) is 0 Å². The second-order valence-electron chi connectivity index (χ2n) is 10.5. The number of aliphatic hydroxyl groups is 1. The van der Waals surface area contributed by atoms with Crippen molar-refractivity contribution >= 4 is 5.91 Å². The molecule has 41 heavy (non-hydrogen) atoms. The molecule has 222 valence electrons. The maximum absolute atomic E-state index is 14.7. The van der Waals surface area contributed by atoms with Gasteiger partial charge in [-0.2, -0.15) is 5.10 Å². The van der Waals surface area contributed by atoms with Gasteiger partial charge in [-0.15, -0.1) is 0 Å². The first-order valence-corrected chi connectivity index (χ1v) is 13.9. The lowest BCUT2D eigenvalue weighted by molar-refractivity contribution is -0.129. The van der Waals surface area contributed by atoms with Crippen LogP contribution in [0, 0.1) is 11.6 Å². The third-order valence-corrected chi connectivity index (χ3v) is 7.29. The third kappa shape index (κ3) is 9.28. The van der Waals surface area contributed by atoms with Gasteiger partial charge in [-0.1, -0.05) is 31.0 Å². The molecule has 0 radical (unpaired) electrons. The Hall–Kier alpha value is -3.45. The molecule has 2 heterocycles. The summed E-state index contributed by atoms with van der Waals surface area (Å²) in [6.07, 6.45) is 6.65. The van der Waals surface area contributed by atoms with Gasteiger partial charge in [0.25, 0.3) is 0 Å². The zero-order valence-corrected chi connectivity index (χ0v) is 23.1. The number of hydroxylamine groups is 1. The summed E-state index contributed by atoms with van der Waals surface area (Å²) in [5, 5.41) is 24.2. The van der Waals surface area contributed by atoms with Crippen molar-refractivity contribution in [1.29, 1.82) is 0 Å². The predicted molar refractivity (Wildman–Crippen MR) is 147 cm³/mol. The largest absolute Gasteiger partial charge is 0.494 e. The van der Waals surface area contributed by atoms with E-state index >= 15 is 0 Å². The molecule has 0 spiro atoms. The lowest BCUT2D eigenvalue weighted by atomic mass is 9.92. The number of carbonyl (C=O) groups is 1. The van der Waals surface area contributed by atoms with Crippen molar-refractivity contribution in [2.75, 3.05) is 39.3 Å². The molecule has 10 nitrogen and oxygen atoms in total. The van der Waals surface area contributed by atoms with Crippen LogP contribution in [0.5, 0.6) is 5.75 Å². The highest BCUT2D eigenvalue weighted by molar-refractivity contribution is 5.74. The van der Waals surface area contributed by atoms with Crippen LogP contribution in [-0.4, -0.2) is 80.1 Å². The van der Waals surface area contributed by atoms with Gasteiger partial charge >= 0.3 is 0 Å². The van der Waals surface area contributed by atoms with Gasteiger partial charge in [-0.3, -0.25) is 19.8 Å². The van der Waals surface area contributed by atoms with Gasteiger partial charge < -0.3 is 9.84 Å². The molecule has 4 rings (SSSR count). The van der Waals surface area contributed by atoms with E-state index < -0.39 is 17.2 Å². The van der Waals surface area contributed by atoms with Crippen molar-refractivity contribution in [2.24, 2.45) is 0 Å². The summed E-state index contributed by atoms with van der Waals surface area (Å²) >= 11 is 0. The van der Waals surface area contributed by atoms with E-state index in [9.17, 15) is 18.7 Å². The fourth-order valence-corrected chi connectivity index (χ4v) is 5.08. The molecule has 3 aromatic rings. The Kier molecular flexibility index (Phi) is 11.1. The number of nitrogens with one attached hydrogen (secondary N) is 1. The summed E-state index contributed by atoms with van der Waals surface area (Å²) in [7, 11) is 0. The van der Waals surface area contributed by atoms with Crippen molar-refractivity contribution < 1.29 is 28.6 Å². The highest BCUT2D eigenvalue weighted by atomic mass is 19.1. The van der Waals surface area contributed by atoms with Crippen LogP contribution < -0.4 is 10.2 Å². The van der Waals surface area contributed by atoms with E-state index in [2.05, 4.69) is 32.0 Å². The summed E-state index contributed by atoms with van der Waals surface area (Å²) in [5.74, 6) is -1.02. The molecule has 1 aliphatic rings. The molecule has 12 heteroatoms. The van der Waals surface area contributed by atoms with Crippen LogP contribution in [-0.2, 0) is 23.5 Å². The van der Waals surface area contributed by atoms with Crippen LogP contribution in [0.4, 0.5) is 8.78 Å². The molecule has 1 fully saturated rings. The molecular weight excluding hydrogens is 534 g/mol. The van der Waals surface area contributed by atoms with E-state index in [4.69, 9.17) is 9.94 Å². The second kappa shape index (κ2) is 15.0. The minimum absolute atomic E-state index is 0.00641. The number of hydrogen-bond donors (Lipinski definition) is 3. The first-order chi connectivity index (χ1) is 19.8. The van der Waals surface area contributed by atoms with Crippen LogP contribution in [0.15, 0.2) is 55.1 Å². The maximum atomic E-state index is 14.7. The topological polar surface area (TPSA) is 116 Å². The average molecular weight is 573 g/mol. The summed E-state index contributed by atoms with van der Waals surface area (Å²) < 4.78 is 35.6. The van der Waals surface area contributed by atoms with Gasteiger partial charge in [0.05, 0.1) is 13.2 Å². The van der Waals surface area contributed by atoms with Gasteiger partial charge in [-0.05, 0) is 36.6 Å². The van der Waals surface area contributed by atoms with Crippen LogP contribution in [0.1, 0.15) is 43.2 Å². The maximum Gasteiger partial charge on any atom is 0.243 e. The Morgan fingerprint density at radius 3 is 2.39 bits per heavy atom. The zero-order valence-electron chi connectivity index (χ0n) is 23.1. The standard InChI is InChI=1S/C29H38F2N6O4/c30-24-8-11-26(27(31)17-24)29(39,20-37-22-32-21-33-37)19-36-14-12-35(13-15-36)18-23-6-9-25(10-7-23)41-16-4-2-1-3-5-28(38)34-40/h6-11,17,21-22,39-40H,1-5,12-16,18-20H2,(H,34,38). The van der Waals surface area contributed by atoms with E-state index in [1.54, 1.807) is 5.48 Å². The van der Waals surface area contributed by atoms with E-state index in [0.717, 1.165) is 63.2 Å². The number of β-amino-alcohol motifs (C(OH)–C–C–N with tert-alkyl or cyclic N) is 1. The van der Waals surface area contributed by atoms with Gasteiger partial charge in [0.15, 0.2) is 0 Å². The monoisotopic (exact) mass is 572 g/mol. The number of hydrogen-bond acceptors (Lipinski definition) is 8. The molecule has 1 saturated heterocycles. The smallest absolute Gasteiger partial charge is 0.243 e. The van der Waals surface area contributed by atoms with E-state index in [1.165, 1.54) is 29.0 Å². The summed E-state index contributed by atoms with van der Waals surface area (Å²) in [6, 6.07) is 11.3. The van der Waals surface area contributed by atoms with Gasteiger partial charge in [0.2, 0.25) is 5.91 Å². The third-order valence-electron chi connectivity index (χ3n) is 7.29. The number of aromatic nitrogens is 3. The number of amides is 1. The first kappa shape index (κ1) is 30.5. The Bertz CT molecular complexity index is 1220. The molecule has 1 aromatic heterocycles. The number of carbonyl (C=O) groups excluding carboxylic acids is 1. The molecule has 1 atom stereocenters. The Labute approximate surface area is 238 Å². The minimum Gasteiger partial charge on any atom is -0.494 e. The molecule has 2 aromatic carbocycles. The minimum atomic E-state index is -1.61. The Balaban J connectivity index is 1.22. The molecule has 1 aliphatic heterocycles. The molecule has 0 aliphatic carbocycles. The number of ether oxygens (including phenoxy) is 1. The van der Waals surface area contributed by atoms with Crippen molar-refractivity contribution in [3.8, 4) is 5.75 Å². The van der Waals surface area contributed by atoms with Crippen LogP contribution in [0.3, 0.4) is 0 Å². The lowest BCUT2D eigenvalue weighted by Gasteiger charge is -2.39. The van der Waals surface area contributed by atoms with E-state index in [1.807, 2.05) is 12.1 Å². The number of halogens is 2. The van der Waals surface area contributed by atoms with Gasteiger partial charge in [-0.25, -0.2) is 23.9 Å². The summed E-state index contributed by atoms with van der Waals surface area (Å²) in [5.41, 5.74) is 1.23. The van der Waals surface area contributed by atoms with Gasteiger partial charge in [0.1, 0.15) is 35.6 Å². The predicted octanol–water partition coefficient (Wildman–Crippen LogP) is 3.10. The molecule has 1 unspecified atom stereocenters. The highest BCUT2D eigenvalue weighted by Crippen LogP contribution is 2.28. The Morgan fingerprint density at radius 1 is 0.976 bits per heavy atom. The fraction of sp³-hybridized carbons (Fsp3) is 0.483. The van der Waals surface area contributed by atoms with Gasteiger partial charge in [0, 0.05) is 57.3 Å². The normalized spacial score (nSPS) is 15.9. The van der Waals surface area contributed by atoms with Crippen LogP contribution >= 0.6 is 0 Å². The molecule has 1 amide bonds. The van der Waals surface area contributed by atoms with Crippen LogP contribution in [0.25, 0.3) is 0 Å². The number of unbranched alkanes of at least 4 members (excludes halogenated alkanes) is 3. The lowest BCUT2D eigenvalue weighted by Crippen LogP contribution is -2.52. The number of nitrogens with zero attached hydrogens (tertiary/aromatic N) is 5. The average Bonchev–Trinajstić information content (AvgIpc) is 3.47. The number of benzene rings is 2.